The Morgan fingerprint density at radius 2 is 1.79 bits per heavy atom. The number of fused-ring (bicyclic) bond motifs is 1. The number of pyridine rings is 1. The molecule has 7 nitrogen and oxygen atoms in total. The molecule has 0 radical (unpaired) electrons. The van der Waals surface area contributed by atoms with E-state index in [2.05, 4.69) is 20.3 Å². The number of aromatic nitrogens is 5. The van der Waals surface area contributed by atoms with Gasteiger partial charge in [-0.2, -0.15) is 9.61 Å². The van der Waals surface area contributed by atoms with Crippen LogP contribution >= 0.6 is 11.3 Å². The molecule has 8 heteroatoms. The molecule has 0 amide bonds. The van der Waals surface area contributed by atoms with Crippen LogP contribution in [0.1, 0.15) is 0 Å². The summed E-state index contributed by atoms with van der Waals surface area (Å²) in [4.78, 5) is 5.01. The maximum atomic E-state index is 5.32. The summed E-state index contributed by atoms with van der Waals surface area (Å²) in [7, 11) is 3.24. The summed E-state index contributed by atoms with van der Waals surface area (Å²) in [6.07, 6.45) is 1.72. The van der Waals surface area contributed by atoms with Crippen LogP contribution in [0.25, 0.3) is 27.1 Å². The van der Waals surface area contributed by atoms with E-state index in [0.717, 1.165) is 16.3 Å². The molecule has 3 heterocycles. The summed E-state index contributed by atoms with van der Waals surface area (Å²) in [5, 5.41) is 13.8. The number of nitrogens with zero attached hydrogens (tertiary/aromatic N) is 5. The summed E-state index contributed by atoms with van der Waals surface area (Å²) < 4.78 is 12.3. The van der Waals surface area contributed by atoms with Gasteiger partial charge in [0.25, 0.3) is 0 Å². The molecule has 0 aliphatic carbocycles. The fourth-order valence-corrected chi connectivity index (χ4v) is 3.15. The van der Waals surface area contributed by atoms with Crippen molar-refractivity contribution in [1.82, 2.24) is 24.8 Å². The lowest BCUT2D eigenvalue weighted by Gasteiger charge is -2.06. The minimum Gasteiger partial charge on any atom is -0.497 e. The highest BCUT2D eigenvalue weighted by Gasteiger charge is 2.16. The van der Waals surface area contributed by atoms with E-state index in [4.69, 9.17) is 9.47 Å². The maximum absolute atomic E-state index is 5.32. The first kappa shape index (κ1) is 14.6. The van der Waals surface area contributed by atoms with Gasteiger partial charge >= 0.3 is 0 Å². The van der Waals surface area contributed by atoms with Gasteiger partial charge < -0.3 is 9.47 Å². The van der Waals surface area contributed by atoms with E-state index in [-0.39, 0.29) is 0 Å². The molecule has 0 spiro atoms. The van der Waals surface area contributed by atoms with Crippen molar-refractivity contribution < 1.29 is 9.47 Å². The third-order valence-corrected chi connectivity index (χ3v) is 4.43. The van der Waals surface area contributed by atoms with Crippen LogP contribution in [0, 0.1) is 0 Å². The van der Waals surface area contributed by atoms with E-state index < -0.39 is 0 Å². The highest BCUT2D eigenvalue weighted by molar-refractivity contribution is 7.19. The number of ether oxygens (including phenoxy) is 2. The fourth-order valence-electron chi connectivity index (χ4n) is 2.32. The van der Waals surface area contributed by atoms with Gasteiger partial charge in [0.1, 0.15) is 22.2 Å². The van der Waals surface area contributed by atoms with Gasteiger partial charge in [-0.3, -0.25) is 4.98 Å². The van der Waals surface area contributed by atoms with E-state index in [0.29, 0.717) is 22.3 Å². The van der Waals surface area contributed by atoms with Crippen molar-refractivity contribution in [1.29, 1.82) is 0 Å². The van der Waals surface area contributed by atoms with Crippen LogP contribution < -0.4 is 9.47 Å². The molecule has 24 heavy (non-hydrogen) atoms. The van der Waals surface area contributed by atoms with Crippen LogP contribution in [0.2, 0.25) is 0 Å². The standard InChI is InChI=1S/C16H13N5O2S/c1-22-11-7-10(8-12(9-11)23-2)15-20-21-14(18-19-16(21)24-15)13-5-3-4-6-17-13/h3-9H,1-2H3. The second-order valence-electron chi connectivity index (χ2n) is 4.94. The average Bonchev–Trinajstić information content (AvgIpc) is 3.22. The maximum Gasteiger partial charge on any atom is 0.235 e. The lowest BCUT2D eigenvalue weighted by molar-refractivity contribution is 0.394. The Bertz CT molecular complexity index is 974. The lowest BCUT2D eigenvalue weighted by atomic mass is 10.2. The summed E-state index contributed by atoms with van der Waals surface area (Å²) >= 11 is 1.44. The van der Waals surface area contributed by atoms with Crippen LogP contribution in [0.3, 0.4) is 0 Å². The van der Waals surface area contributed by atoms with Crippen molar-refractivity contribution in [2.24, 2.45) is 0 Å². The van der Waals surface area contributed by atoms with Crippen molar-refractivity contribution in [3.05, 3.63) is 42.6 Å². The Hall–Kier alpha value is -3.00. The number of benzene rings is 1. The van der Waals surface area contributed by atoms with Crippen LogP contribution in [-0.2, 0) is 0 Å². The predicted octanol–water partition coefficient (Wildman–Crippen LogP) is 2.93. The number of rotatable bonds is 4. The first-order valence-corrected chi connectivity index (χ1v) is 7.97. The molecule has 0 bridgehead atoms. The van der Waals surface area contributed by atoms with Crippen LogP contribution in [0.4, 0.5) is 0 Å². The Kier molecular flexibility index (Phi) is 3.58. The van der Waals surface area contributed by atoms with Crippen LogP contribution in [0.15, 0.2) is 42.6 Å². The molecule has 4 aromatic rings. The molecule has 0 N–H and O–H groups in total. The monoisotopic (exact) mass is 339 g/mol. The number of hydrogen-bond acceptors (Lipinski definition) is 7. The first-order chi connectivity index (χ1) is 11.8. The zero-order valence-electron chi connectivity index (χ0n) is 13.0. The minimum absolute atomic E-state index is 0.614. The normalized spacial score (nSPS) is 10.9. The quantitative estimate of drug-likeness (QED) is 0.569. The molecule has 0 saturated carbocycles. The zero-order valence-corrected chi connectivity index (χ0v) is 13.8. The van der Waals surface area contributed by atoms with Crippen molar-refractivity contribution in [3.63, 3.8) is 0 Å². The van der Waals surface area contributed by atoms with Crippen molar-refractivity contribution in [2.75, 3.05) is 14.2 Å². The van der Waals surface area contributed by atoms with Gasteiger partial charge in [0, 0.05) is 17.8 Å². The topological polar surface area (TPSA) is 74.4 Å². The molecule has 0 fully saturated rings. The van der Waals surface area contributed by atoms with Gasteiger partial charge in [0.15, 0.2) is 0 Å². The molecule has 0 atom stereocenters. The van der Waals surface area contributed by atoms with E-state index in [1.54, 1.807) is 24.9 Å². The summed E-state index contributed by atoms with van der Waals surface area (Å²) in [5.41, 5.74) is 1.62. The van der Waals surface area contributed by atoms with Gasteiger partial charge in [-0.05, 0) is 24.3 Å². The second kappa shape index (κ2) is 5.89. The Morgan fingerprint density at radius 1 is 1.00 bits per heavy atom. The first-order valence-electron chi connectivity index (χ1n) is 7.15. The molecule has 120 valence electrons. The molecule has 1 aromatic carbocycles. The fraction of sp³-hybridized carbons (Fsp3) is 0.125. The highest BCUT2D eigenvalue weighted by atomic mass is 32.1. The SMILES string of the molecule is COc1cc(OC)cc(-c2nn3c(-c4ccccn4)nnc3s2)c1. The van der Waals surface area contributed by atoms with E-state index in [9.17, 15) is 0 Å². The van der Waals surface area contributed by atoms with Gasteiger partial charge in [-0.25, -0.2) is 0 Å². The third kappa shape index (κ3) is 2.46. The smallest absolute Gasteiger partial charge is 0.235 e. The largest absolute Gasteiger partial charge is 0.497 e. The van der Waals surface area contributed by atoms with Gasteiger partial charge in [0.2, 0.25) is 10.8 Å². The Labute approximate surface area is 141 Å². The van der Waals surface area contributed by atoms with Crippen molar-refractivity contribution in [3.8, 4) is 33.6 Å². The Morgan fingerprint density at radius 3 is 2.46 bits per heavy atom. The van der Waals surface area contributed by atoms with Gasteiger partial charge in [0.05, 0.1) is 14.2 Å². The molecule has 0 unspecified atom stereocenters. The predicted molar refractivity (Wildman–Crippen MR) is 90.4 cm³/mol. The van der Waals surface area contributed by atoms with Gasteiger partial charge in [-0.1, -0.05) is 17.4 Å². The highest BCUT2D eigenvalue weighted by Crippen LogP contribution is 2.33. The summed E-state index contributed by atoms with van der Waals surface area (Å²) in [6.45, 7) is 0. The average molecular weight is 339 g/mol. The molecular formula is C16H13N5O2S. The zero-order chi connectivity index (χ0) is 16.5. The number of methoxy groups -OCH3 is 2. The summed E-state index contributed by atoms with van der Waals surface area (Å²) in [6, 6.07) is 11.3. The van der Waals surface area contributed by atoms with Crippen LogP contribution in [-0.4, -0.2) is 39.0 Å². The van der Waals surface area contributed by atoms with E-state index in [1.807, 2.05) is 36.4 Å². The summed E-state index contributed by atoms with van der Waals surface area (Å²) in [5.74, 6) is 2.03. The molecule has 4 rings (SSSR count). The number of hydrogen-bond donors (Lipinski definition) is 0. The molecular weight excluding hydrogens is 326 g/mol. The second-order valence-corrected chi connectivity index (χ2v) is 5.90. The molecule has 0 aliphatic rings. The Balaban J connectivity index is 1.83. The van der Waals surface area contributed by atoms with Crippen molar-refractivity contribution >= 4 is 16.3 Å². The van der Waals surface area contributed by atoms with Gasteiger partial charge in [-0.15, -0.1) is 10.2 Å². The van der Waals surface area contributed by atoms with Crippen LogP contribution in [0.5, 0.6) is 11.5 Å². The van der Waals surface area contributed by atoms with E-state index >= 15 is 0 Å². The minimum atomic E-state index is 0.614. The van der Waals surface area contributed by atoms with Crippen molar-refractivity contribution in [2.45, 2.75) is 0 Å². The third-order valence-electron chi connectivity index (χ3n) is 3.48. The molecule has 0 saturated heterocycles. The van der Waals surface area contributed by atoms with E-state index in [1.165, 1.54) is 11.3 Å². The lowest BCUT2D eigenvalue weighted by Crippen LogP contribution is -1.93. The molecule has 3 aromatic heterocycles. The molecule has 0 aliphatic heterocycles.